The van der Waals surface area contributed by atoms with Crippen LogP contribution in [0.15, 0.2) is 36.4 Å². The summed E-state index contributed by atoms with van der Waals surface area (Å²) in [6, 6.07) is 9.69. The molecule has 0 N–H and O–H groups in total. The van der Waals surface area contributed by atoms with Crippen LogP contribution in [-0.4, -0.2) is 6.16 Å². The largest absolute Gasteiger partial charge is 0.289 e. The zero-order valence-electron chi connectivity index (χ0n) is 6.86. The fourth-order valence-electron chi connectivity index (χ4n) is 0.876. The average molecular weight is 235 g/mol. The van der Waals surface area contributed by atoms with Gasteiger partial charge in [0.25, 0.3) is 5.85 Å². The molecule has 0 bridgehead atoms. The molecule has 1 aromatic rings. The van der Waals surface area contributed by atoms with E-state index in [-0.39, 0.29) is 6.16 Å². The summed E-state index contributed by atoms with van der Waals surface area (Å²) in [5, 5.41) is 0. The average Bonchev–Trinajstić information content (AvgIpc) is 2.04. The topological polar surface area (TPSA) is 17.1 Å². The molecule has 70 valence electrons. The summed E-state index contributed by atoms with van der Waals surface area (Å²) in [7, 11) is 0. The summed E-state index contributed by atoms with van der Waals surface area (Å²) in [6.07, 6.45) is 3.78. The first-order valence-electron chi connectivity index (χ1n) is 3.78. The summed E-state index contributed by atoms with van der Waals surface area (Å²) in [5.41, 5.74) is 1.05. The van der Waals surface area contributed by atoms with E-state index in [1.807, 2.05) is 36.4 Å². The summed E-state index contributed by atoms with van der Waals surface area (Å²) >= 11 is 10.7. The lowest BCUT2D eigenvalue weighted by Crippen LogP contribution is -1.72. The predicted molar refractivity (Wildman–Crippen MR) is 59.7 cm³/mol. The predicted octanol–water partition coefficient (Wildman–Crippen LogP) is 4.37. The van der Waals surface area contributed by atoms with Crippen LogP contribution in [0.4, 0.5) is 0 Å². The van der Waals surface area contributed by atoms with Gasteiger partial charge in [-0.05, 0) is 28.0 Å². The maximum Gasteiger partial charge on any atom is 0.256 e. The van der Waals surface area contributed by atoms with E-state index >= 15 is 0 Å². The Morgan fingerprint density at radius 2 is 1.85 bits per heavy atom. The van der Waals surface area contributed by atoms with Crippen molar-refractivity contribution in [1.82, 2.24) is 0 Å². The third-order valence-corrected chi connectivity index (χ3v) is 2.89. The van der Waals surface area contributed by atoms with Crippen molar-refractivity contribution in [3.8, 4) is 0 Å². The molecule has 0 aliphatic carbocycles. The summed E-state index contributed by atoms with van der Waals surface area (Å²) in [4.78, 5) is 0. The molecule has 0 atom stereocenters. The van der Waals surface area contributed by atoms with Crippen LogP contribution in [0.25, 0.3) is 6.08 Å². The molecule has 0 aliphatic rings. The van der Waals surface area contributed by atoms with Crippen molar-refractivity contribution < 1.29 is 4.57 Å². The molecule has 0 unspecified atom stereocenters. The van der Waals surface area contributed by atoms with Crippen LogP contribution in [0.1, 0.15) is 5.56 Å². The Labute approximate surface area is 87.3 Å². The first-order valence-corrected chi connectivity index (χ1v) is 7.48. The van der Waals surface area contributed by atoms with E-state index < -0.39 is 5.85 Å². The van der Waals surface area contributed by atoms with Crippen LogP contribution in [0.3, 0.4) is 0 Å². The number of benzene rings is 1. The van der Waals surface area contributed by atoms with Crippen molar-refractivity contribution in [2.45, 2.75) is 0 Å². The van der Waals surface area contributed by atoms with Gasteiger partial charge in [0.05, 0.1) is 0 Å². The Bertz CT molecular complexity index is 329. The second-order valence-corrected chi connectivity index (χ2v) is 7.87. The molecule has 0 saturated heterocycles. The molecule has 0 radical (unpaired) electrons. The minimum absolute atomic E-state index is 0.213. The van der Waals surface area contributed by atoms with Crippen molar-refractivity contribution in [3.63, 3.8) is 0 Å². The van der Waals surface area contributed by atoms with Gasteiger partial charge in [-0.3, -0.25) is 4.57 Å². The van der Waals surface area contributed by atoms with Crippen LogP contribution in [0, 0.1) is 0 Å². The van der Waals surface area contributed by atoms with E-state index in [1.165, 1.54) is 0 Å². The Morgan fingerprint density at radius 1 is 1.23 bits per heavy atom. The van der Waals surface area contributed by atoms with Gasteiger partial charge in [0.2, 0.25) is 0 Å². The number of hydrogen-bond donors (Lipinski definition) is 0. The van der Waals surface area contributed by atoms with E-state index in [0.717, 1.165) is 5.56 Å². The quantitative estimate of drug-likeness (QED) is 0.711. The van der Waals surface area contributed by atoms with Gasteiger partial charge in [0.1, 0.15) is 0 Å². The molecule has 13 heavy (non-hydrogen) atoms. The molecule has 1 aromatic carbocycles. The number of hydrogen-bond acceptors (Lipinski definition) is 1. The minimum atomic E-state index is -2.95. The monoisotopic (exact) mass is 234 g/mol. The van der Waals surface area contributed by atoms with Crippen LogP contribution in [0.2, 0.25) is 0 Å². The fourth-order valence-corrected chi connectivity index (χ4v) is 1.70. The smallest absolute Gasteiger partial charge is 0.256 e. The zero-order valence-corrected chi connectivity index (χ0v) is 9.27. The maximum absolute atomic E-state index is 10.9. The molecular weight excluding hydrogens is 226 g/mol. The lowest BCUT2D eigenvalue weighted by Gasteiger charge is -1.94. The molecule has 0 fully saturated rings. The first-order chi connectivity index (χ1) is 6.08. The van der Waals surface area contributed by atoms with E-state index in [4.69, 9.17) is 22.5 Å². The van der Waals surface area contributed by atoms with Crippen LogP contribution in [0.5, 0.6) is 0 Å². The van der Waals surface area contributed by atoms with E-state index in [1.54, 1.807) is 6.08 Å². The minimum Gasteiger partial charge on any atom is -0.289 e. The molecular formula is C9H9Cl2OP. The molecule has 0 saturated carbocycles. The molecule has 0 amide bonds. The van der Waals surface area contributed by atoms with Crippen molar-refractivity contribution in [1.29, 1.82) is 0 Å². The summed E-state index contributed by atoms with van der Waals surface area (Å²) < 4.78 is 10.9. The fraction of sp³-hybridized carbons (Fsp3) is 0.111. The van der Waals surface area contributed by atoms with Crippen LogP contribution >= 0.6 is 28.3 Å². The third kappa shape index (κ3) is 5.15. The highest BCUT2D eigenvalue weighted by atomic mass is 35.9. The highest BCUT2D eigenvalue weighted by Crippen LogP contribution is 2.56. The van der Waals surface area contributed by atoms with Crippen LogP contribution in [-0.2, 0) is 4.57 Å². The highest BCUT2D eigenvalue weighted by molar-refractivity contribution is 8.08. The normalized spacial score (nSPS) is 12.2. The third-order valence-electron chi connectivity index (χ3n) is 1.43. The lowest BCUT2D eigenvalue weighted by molar-refractivity contribution is 0.594. The summed E-state index contributed by atoms with van der Waals surface area (Å²) in [5.74, 6) is -2.95. The van der Waals surface area contributed by atoms with Gasteiger partial charge in [-0.2, -0.15) is 0 Å². The highest BCUT2D eigenvalue weighted by Gasteiger charge is 2.09. The number of rotatable bonds is 3. The number of halogens is 2. The Hall–Kier alpha value is -0.230. The maximum atomic E-state index is 10.9. The van der Waals surface area contributed by atoms with Crippen molar-refractivity contribution in [3.05, 3.63) is 42.0 Å². The molecule has 1 rings (SSSR count). The van der Waals surface area contributed by atoms with Gasteiger partial charge in [-0.1, -0.05) is 42.5 Å². The Balaban J connectivity index is 2.56. The van der Waals surface area contributed by atoms with E-state index in [9.17, 15) is 4.57 Å². The van der Waals surface area contributed by atoms with Gasteiger partial charge in [-0.25, -0.2) is 0 Å². The van der Waals surface area contributed by atoms with Crippen molar-refractivity contribution >= 4 is 34.4 Å². The first kappa shape index (κ1) is 10.8. The lowest BCUT2D eigenvalue weighted by atomic mass is 10.2. The molecule has 0 aromatic heterocycles. The van der Waals surface area contributed by atoms with Gasteiger partial charge < -0.3 is 0 Å². The molecule has 4 heteroatoms. The van der Waals surface area contributed by atoms with E-state index in [2.05, 4.69) is 0 Å². The van der Waals surface area contributed by atoms with E-state index in [0.29, 0.717) is 0 Å². The van der Waals surface area contributed by atoms with Gasteiger partial charge in [-0.15, -0.1) is 0 Å². The van der Waals surface area contributed by atoms with Gasteiger partial charge in [0.15, 0.2) is 0 Å². The van der Waals surface area contributed by atoms with Gasteiger partial charge in [0, 0.05) is 6.16 Å². The van der Waals surface area contributed by atoms with Crippen molar-refractivity contribution in [2.75, 3.05) is 6.16 Å². The molecule has 0 heterocycles. The Kier molecular flexibility index (Phi) is 4.05. The number of allylic oxidation sites excluding steroid dienone is 1. The SMILES string of the molecule is O=P(Cl)(Cl)C/C=C/c1ccccc1. The Morgan fingerprint density at radius 3 is 2.38 bits per heavy atom. The summed E-state index contributed by atoms with van der Waals surface area (Å²) in [6.45, 7) is 0. The standard InChI is InChI=1S/C9H9Cl2OP/c10-13(11,12)8-4-7-9-5-2-1-3-6-9/h1-7H,8H2/b7-4+. The van der Waals surface area contributed by atoms with Crippen molar-refractivity contribution in [2.24, 2.45) is 0 Å². The van der Waals surface area contributed by atoms with Gasteiger partial charge >= 0.3 is 0 Å². The molecule has 1 nitrogen and oxygen atoms in total. The molecule has 0 aliphatic heterocycles. The zero-order chi connectivity index (χ0) is 9.73. The second kappa shape index (κ2) is 4.85. The second-order valence-electron chi connectivity index (χ2n) is 2.57. The van der Waals surface area contributed by atoms with Crippen LogP contribution < -0.4 is 0 Å². The molecule has 0 spiro atoms.